The van der Waals surface area contributed by atoms with E-state index in [1.54, 1.807) is 0 Å². The third-order valence-electron chi connectivity index (χ3n) is 3.36. The van der Waals surface area contributed by atoms with Gasteiger partial charge in [-0.3, -0.25) is 0 Å². The van der Waals surface area contributed by atoms with Crippen LogP contribution in [0.25, 0.3) is 0 Å². The number of allylic oxidation sites excluding steroid dienone is 1. The van der Waals surface area contributed by atoms with Crippen LogP contribution in [0.15, 0.2) is 12.7 Å². The zero-order chi connectivity index (χ0) is 6.97. The second-order valence-corrected chi connectivity index (χ2v) is 3.92. The number of hydrogen-bond acceptors (Lipinski definition) is 0. The van der Waals surface area contributed by atoms with Crippen molar-refractivity contribution in [1.29, 1.82) is 0 Å². The van der Waals surface area contributed by atoms with Gasteiger partial charge in [0.2, 0.25) is 0 Å². The first-order valence-corrected chi connectivity index (χ1v) is 4.52. The molecular weight excluding hydrogens is 120 g/mol. The maximum atomic E-state index is 3.82. The van der Waals surface area contributed by atoms with Crippen LogP contribution in [0.5, 0.6) is 0 Å². The fraction of sp³-hybridized carbons (Fsp3) is 0.800. The van der Waals surface area contributed by atoms with E-state index in [2.05, 4.69) is 12.7 Å². The van der Waals surface area contributed by atoms with E-state index in [0.717, 1.165) is 17.8 Å². The van der Waals surface area contributed by atoms with Crippen molar-refractivity contribution < 1.29 is 0 Å². The Morgan fingerprint density at radius 1 is 1.10 bits per heavy atom. The average Bonchev–Trinajstić information content (AvgIpc) is 1.72. The van der Waals surface area contributed by atoms with E-state index in [4.69, 9.17) is 0 Å². The molecule has 0 aromatic rings. The largest absolute Gasteiger partial charge is 0.103 e. The fourth-order valence-corrected chi connectivity index (χ4v) is 2.20. The normalized spacial score (nSPS) is 40.0. The first-order chi connectivity index (χ1) is 4.90. The van der Waals surface area contributed by atoms with Crippen LogP contribution in [0, 0.1) is 17.8 Å². The van der Waals surface area contributed by atoms with Gasteiger partial charge in [0, 0.05) is 0 Å². The molecule has 0 N–H and O–H groups in total. The summed E-state index contributed by atoms with van der Waals surface area (Å²) in [6, 6.07) is 0. The van der Waals surface area contributed by atoms with Gasteiger partial charge in [-0.25, -0.2) is 0 Å². The van der Waals surface area contributed by atoms with E-state index in [1.807, 2.05) is 0 Å². The van der Waals surface area contributed by atoms with Crippen molar-refractivity contribution in [2.75, 3.05) is 0 Å². The second-order valence-electron chi connectivity index (χ2n) is 3.92. The maximum absolute atomic E-state index is 3.82. The molecule has 0 unspecified atom stereocenters. The lowest BCUT2D eigenvalue weighted by molar-refractivity contribution is 0.0961. The van der Waals surface area contributed by atoms with Crippen LogP contribution < -0.4 is 0 Å². The van der Waals surface area contributed by atoms with Gasteiger partial charge < -0.3 is 0 Å². The van der Waals surface area contributed by atoms with Crippen molar-refractivity contribution in [3.63, 3.8) is 0 Å². The molecule has 2 aliphatic rings. The van der Waals surface area contributed by atoms with Gasteiger partial charge in [-0.05, 0) is 30.6 Å². The molecule has 0 heterocycles. The zero-order valence-electron chi connectivity index (χ0n) is 6.55. The molecule has 0 atom stereocenters. The predicted octanol–water partition coefficient (Wildman–Crippen LogP) is 3.00. The van der Waals surface area contributed by atoms with Crippen molar-refractivity contribution >= 4 is 0 Å². The highest BCUT2D eigenvalue weighted by atomic mass is 14.4. The molecule has 56 valence electrons. The Balaban J connectivity index is 1.74. The number of rotatable bonds is 2. The predicted molar refractivity (Wildman–Crippen MR) is 43.8 cm³/mol. The molecule has 0 heteroatoms. The molecule has 2 fully saturated rings. The standard InChI is InChI=1S/C10H16/c1-2-8-6-10(7-8)9-4-3-5-9/h2,8-10H,1,3-7H2. The Hall–Kier alpha value is -0.260. The molecule has 0 aromatic heterocycles. The molecule has 0 bridgehead atoms. The quantitative estimate of drug-likeness (QED) is 0.512. The van der Waals surface area contributed by atoms with Crippen LogP contribution in [0.4, 0.5) is 0 Å². The van der Waals surface area contributed by atoms with Crippen LogP contribution in [0.2, 0.25) is 0 Å². The monoisotopic (exact) mass is 136 g/mol. The molecule has 0 spiro atoms. The summed E-state index contributed by atoms with van der Waals surface area (Å²) in [6.45, 7) is 3.82. The Morgan fingerprint density at radius 2 is 1.80 bits per heavy atom. The SMILES string of the molecule is C=CC1CC(C2CCC2)C1. The van der Waals surface area contributed by atoms with Gasteiger partial charge in [0.1, 0.15) is 0 Å². The molecule has 0 amide bonds. The van der Waals surface area contributed by atoms with Crippen LogP contribution >= 0.6 is 0 Å². The highest BCUT2D eigenvalue weighted by Crippen LogP contribution is 2.46. The third kappa shape index (κ3) is 0.902. The summed E-state index contributed by atoms with van der Waals surface area (Å²) < 4.78 is 0. The lowest BCUT2D eigenvalue weighted by Gasteiger charge is -2.43. The summed E-state index contributed by atoms with van der Waals surface area (Å²) in [5.74, 6) is 3.10. The Kier molecular flexibility index (Phi) is 1.55. The van der Waals surface area contributed by atoms with E-state index in [1.165, 1.54) is 32.1 Å². The third-order valence-corrected chi connectivity index (χ3v) is 3.36. The minimum atomic E-state index is 0.880. The summed E-state index contributed by atoms with van der Waals surface area (Å²) in [5, 5.41) is 0. The topological polar surface area (TPSA) is 0 Å². The molecule has 0 radical (unpaired) electrons. The lowest BCUT2D eigenvalue weighted by atomic mass is 9.62. The minimum absolute atomic E-state index is 0.880. The molecule has 2 rings (SSSR count). The van der Waals surface area contributed by atoms with Gasteiger partial charge in [-0.1, -0.05) is 25.3 Å². The molecule has 0 saturated heterocycles. The highest BCUT2D eigenvalue weighted by Gasteiger charge is 2.35. The van der Waals surface area contributed by atoms with Crippen molar-refractivity contribution in [1.82, 2.24) is 0 Å². The van der Waals surface area contributed by atoms with E-state index in [-0.39, 0.29) is 0 Å². The Bertz CT molecular complexity index is 127. The van der Waals surface area contributed by atoms with Crippen LogP contribution in [-0.4, -0.2) is 0 Å². The number of hydrogen-bond donors (Lipinski definition) is 0. The van der Waals surface area contributed by atoms with E-state index in [9.17, 15) is 0 Å². The van der Waals surface area contributed by atoms with Gasteiger partial charge in [0.25, 0.3) is 0 Å². The second kappa shape index (κ2) is 2.41. The minimum Gasteiger partial charge on any atom is -0.103 e. The zero-order valence-corrected chi connectivity index (χ0v) is 6.55. The van der Waals surface area contributed by atoms with Gasteiger partial charge in [-0.2, -0.15) is 0 Å². The van der Waals surface area contributed by atoms with E-state index < -0.39 is 0 Å². The molecule has 2 aliphatic carbocycles. The van der Waals surface area contributed by atoms with Crippen LogP contribution in [0.3, 0.4) is 0 Å². The first kappa shape index (κ1) is 6.45. The highest BCUT2D eigenvalue weighted by molar-refractivity contribution is 4.94. The summed E-state index contributed by atoms with van der Waals surface area (Å²) in [5.41, 5.74) is 0. The van der Waals surface area contributed by atoms with Gasteiger partial charge in [0.05, 0.1) is 0 Å². The Labute approximate surface area is 63.3 Å². The van der Waals surface area contributed by atoms with Crippen LogP contribution in [-0.2, 0) is 0 Å². The smallest absolute Gasteiger partial charge is 0.0231 e. The fourth-order valence-electron chi connectivity index (χ4n) is 2.20. The van der Waals surface area contributed by atoms with E-state index >= 15 is 0 Å². The molecule has 0 aliphatic heterocycles. The Morgan fingerprint density at radius 3 is 2.20 bits per heavy atom. The van der Waals surface area contributed by atoms with E-state index in [0.29, 0.717) is 0 Å². The van der Waals surface area contributed by atoms with Crippen molar-refractivity contribution in [3.8, 4) is 0 Å². The van der Waals surface area contributed by atoms with Gasteiger partial charge >= 0.3 is 0 Å². The molecule has 2 saturated carbocycles. The van der Waals surface area contributed by atoms with Crippen molar-refractivity contribution in [3.05, 3.63) is 12.7 Å². The molecule has 0 aromatic carbocycles. The lowest BCUT2D eigenvalue weighted by Crippen LogP contribution is -2.32. The maximum Gasteiger partial charge on any atom is -0.0231 e. The molecule has 0 nitrogen and oxygen atoms in total. The van der Waals surface area contributed by atoms with Crippen molar-refractivity contribution in [2.24, 2.45) is 17.8 Å². The summed E-state index contributed by atoms with van der Waals surface area (Å²) in [6.07, 6.45) is 9.58. The van der Waals surface area contributed by atoms with Crippen molar-refractivity contribution in [2.45, 2.75) is 32.1 Å². The molecule has 10 heavy (non-hydrogen) atoms. The summed E-state index contributed by atoms with van der Waals surface area (Å²) in [7, 11) is 0. The van der Waals surface area contributed by atoms with Gasteiger partial charge in [0.15, 0.2) is 0 Å². The first-order valence-electron chi connectivity index (χ1n) is 4.52. The molecular formula is C10H16. The summed E-state index contributed by atoms with van der Waals surface area (Å²) >= 11 is 0. The average molecular weight is 136 g/mol. The summed E-state index contributed by atoms with van der Waals surface area (Å²) in [4.78, 5) is 0. The van der Waals surface area contributed by atoms with Gasteiger partial charge in [-0.15, -0.1) is 6.58 Å². The van der Waals surface area contributed by atoms with Crippen LogP contribution in [0.1, 0.15) is 32.1 Å².